The molecule has 2 aliphatic rings. The van der Waals surface area contributed by atoms with Gasteiger partial charge in [-0.3, -0.25) is 0 Å². The van der Waals surface area contributed by atoms with Crippen molar-refractivity contribution < 1.29 is 32.9 Å². The lowest BCUT2D eigenvalue weighted by molar-refractivity contribution is -0.160. The maximum absolute atomic E-state index is 13.7. The Bertz CT molecular complexity index is 1670. The van der Waals surface area contributed by atoms with Crippen LogP contribution in [0.4, 0.5) is 19.8 Å². The van der Waals surface area contributed by atoms with Crippen molar-refractivity contribution in [2.45, 2.75) is 110 Å². The predicted octanol–water partition coefficient (Wildman–Crippen LogP) is 7.10. The smallest absolute Gasteiger partial charge is 0.410 e. The molecule has 14 heteroatoms. The molecule has 2 amide bonds. The highest BCUT2D eigenvalue weighted by atomic mass is 79.9. The molecule has 0 radical (unpaired) electrons. The van der Waals surface area contributed by atoms with Crippen LogP contribution in [0.5, 0.6) is 0 Å². The molecule has 3 heterocycles. The van der Waals surface area contributed by atoms with Crippen molar-refractivity contribution in [2.24, 2.45) is 5.92 Å². The number of rotatable bonds is 10. The van der Waals surface area contributed by atoms with E-state index < -0.39 is 29.2 Å². The van der Waals surface area contributed by atoms with Crippen molar-refractivity contribution in [1.29, 1.82) is 0 Å². The van der Waals surface area contributed by atoms with E-state index in [0.717, 1.165) is 15.4 Å². The fourth-order valence-electron chi connectivity index (χ4n) is 6.68. The molecule has 1 saturated carbocycles. The van der Waals surface area contributed by atoms with Gasteiger partial charge in [-0.25, -0.2) is 23.9 Å². The summed E-state index contributed by atoms with van der Waals surface area (Å²) in [6.07, 6.45) is 3.55. The number of benzene rings is 1. The molecule has 2 aromatic heterocycles. The van der Waals surface area contributed by atoms with E-state index in [-0.39, 0.29) is 30.0 Å². The van der Waals surface area contributed by atoms with Crippen LogP contribution in [0.15, 0.2) is 41.3 Å². The third kappa shape index (κ3) is 9.24. The monoisotopic (exact) mass is 760 g/mol. The molecule has 0 spiro atoms. The summed E-state index contributed by atoms with van der Waals surface area (Å²) >= 11 is 3.63. The second-order valence-electron chi connectivity index (χ2n) is 15.6. The summed E-state index contributed by atoms with van der Waals surface area (Å²) in [5, 5.41) is 0.732. The molecule has 2 N–H and O–H groups in total. The number of carbonyl (C=O) groups excluding carboxylic acids is 2. The van der Waals surface area contributed by atoms with Gasteiger partial charge in [0.25, 0.3) is 0 Å². The quantitative estimate of drug-likeness (QED) is 0.230. The van der Waals surface area contributed by atoms with E-state index in [4.69, 9.17) is 24.7 Å². The number of ether oxygens (including phenoxy) is 4. The van der Waals surface area contributed by atoms with Gasteiger partial charge >= 0.3 is 12.2 Å². The predicted molar refractivity (Wildman–Crippen MR) is 191 cm³/mol. The lowest BCUT2D eigenvalue weighted by Gasteiger charge is -2.32. The van der Waals surface area contributed by atoms with Crippen molar-refractivity contribution in [3.8, 4) is 0 Å². The van der Waals surface area contributed by atoms with Gasteiger partial charge in [0.05, 0.1) is 17.5 Å². The second kappa shape index (κ2) is 14.6. The molecule has 1 aliphatic heterocycles. The highest BCUT2D eigenvalue weighted by Crippen LogP contribution is 2.48. The fourth-order valence-corrected chi connectivity index (χ4v) is 7.28. The molecule has 3 aromatic rings. The molecule has 50 heavy (non-hydrogen) atoms. The van der Waals surface area contributed by atoms with Gasteiger partial charge in [-0.2, -0.15) is 0 Å². The summed E-state index contributed by atoms with van der Waals surface area (Å²) in [5.74, 6) is -0.860. The maximum atomic E-state index is 13.7. The van der Waals surface area contributed by atoms with Crippen molar-refractivity contribution in [1.82, 2.24) is 24.3 Å². The number of hydrogen-bond acceptors (Lipinski definition) is 9. The molecule has 12 nitrogen and oxygen atoms in total. The summed E-state index contributed by atoms with van der Waals surface area (Å²) in [6.45, 7) is 16.2. The lowest BCUT2D eigenvalue weighted by Crippen LogP contribution is -2.44. The topological polar surface area (TPSA) is 134 Å². The van der Waals surface area contributed by atoms with E-state index in [0.29, 0.717) is 56.9 Å². The number of nitrogens with zero attached hydrogens (tertiary/aromatic N) is 5. The number of nitrogen functional groups attached to an aromatic ring is 1. The first-order chi connectivity index (χ1) is 23.3. The molecule has 0 bridgehead atoms. The van der Waals surface area contributed by atoms with Crippen LogP contribution in [-0.2, 0) is 25.4 Å². The van der Waals surface area contributed by atoms with Crippen molar-refractivity contribution >= 4 is 45.0 Å². The van der Waals surface area contributed by atoms with Gasteiger partial charge in [-0.15, -0.1) is 0 Å². The van der Waals surface area contributed by atoms with Crippen LogP contribution in [-0.4, -0.2) is 91.9 Å². The maximum Gasteiger partial charge on any atom is 0.410 e. The Morgan fingerprint density at radius 3 is 2.22 bits per heavy atom. The van der Waals surface area contributed by atoms with Crippen LogP contribution in [0.2, 0.25) is 0 Å². The Hall–Kier alpha value is -3.49. The Labute approximate surface area is 301 Å². The number of hydrogen-bond donors (Lipinski definition) is 1. The van der Waals surface area contributed by atoms with Gasteiger partial charge in [-0.05, 0) is 108 Å². The van der Waals surface area contributed by atoms with E-state index in [1.807, 2.05) is 61.6 Å². The largest absolute Gasteiger partial charge is 0.444 e. The van der Waals surface area contributed by atoms with Crippen LogP contribution in [0.25, 0.3) is 11.0 Å². The number of aromatic nitrogens is 3. The summed E-state index contributed by atoms with van der Waals surface area (Å²) in [4.78, 5) is 39.1. The zero-order valence-electron chi connectivity index (χ0n) is 30.2. The first kappa shape index (κ1) is 37.8. The third-order valence-electron chi connectivity index (χ3n) is 8.70. The number of nitrogens with two attached hydrogens (primary N) is 1. The number of anilines is 1. The minimum atomic E-state index is -0.824. The molecule has 5 rings (SSSR count). The molecule has 1 saturated heterocycles. The van der Waals surface area contributed by atoms with Gasteiger partial charge < -0.3 is 39.0 Å². The van der Waals surface area contributed by atoms with Gasteiger partial charge in [-0.1, -0.05) is 12.1 Å². The molecular weight excluding hydrogens is 711 g/mol. The minimum absolute atomic E-state index is 0.102. The van der Waals surface area contributed by atoms with Crippen molar-refractivity contribution in [2.75, 3.05) is 31.9 Å². The van der Waals surface area contributed by atoms with E-state index in [1.165, 1.54) is 18.5 Å². The van der Waals surface area contributed by atoms with Crippen molar-refractivity contribution in [3.63, 3.8) is 0 Å². The normalized spacial score (nSPS) is 21.6. The van der Waals surface area contributed by atoms with Crippen LogP contribution < -0.4 is 5.73 Å². The van der Waals surface area contributed by atoms with Crippen LogP contribution in [0.3, 0.4) is 0 Å². The zero-order valence-corrected chi connectivity index (χ0v) is 31.8. The summed E-state index contributed by atoms with van der Waals surface area (Å²) in [7, 11) is 0. The molecule has 4 atom stereocenters. The fraction of sp³-hybridized carbons (Fsp3) is 0.611. The van der Waals surface area contributed by atoms with E-state index >= 15 is 0 Å². The van der Waals surface area contributed by atoms with Crippen LogP contribution in [0, 0.1) is 11.7 Å². The first-order valence-electron chi connectivity index (χ1n) is 17.1. The SMILES string of the molecule is CC(C)(C)OC(=O)N(CCCN(C[C@H]1C[C@@H](n2cc(Br)c3c(N)ncnc32)[C@@H]2OC(C)(C)O[C@H]12)C(=O)OC(C)(C)C)CCc1ccc(F)cc1. The molecule has 1 aromatic carbocycles. The van der Waals surface area contributed by atoms with E-state index in [2.05, 4.69) is 30.5 Å². The van der Waals surface area contributed by atoms with Gasteiger partial charge in [0.15, 0.2) is 5.79 Å². The van der Waals surface area contributed by atoms with Gasteiger partial charge in [0.2, 0.25) is 0 Å². The third-order valence-corrected chi connectivity index (χ3v) is 9.30. The average Bonchev–Trinajstić information content (AvgIpc) is 3.61. The molecular formula is C36H50BrFN6O6. The van der Waals surface area contributed by atoms with E-state index in [9.17, 15) is 14.0 Å². The Kier molecular flexibility index (Phi) is 11.0. The number of amides is 2. The molecule has 0 unspecified atom stereocenters. The second-order valence-corrected chi connectivity index (χ2v) is 16.4. The van der Waals surface area contributed by atoms with Crippen LogP contribution in [0.1, 0.15) is 79.8 Å². The molecule has 1 aliphatic carbocycles. The average molecular weight is 762 g/mol. The van der Waals surface area contributed by atoms with Crippen LogP contribution >= 0.6 is 15.9 Å². The zero-order chi connectivity index (χ0) is 36.6. The van der Waals surface area contributed by atoms with Gasteiger partial charge in [0.1, 0.15) is 40.9 Å². The Morgan fingerprint density at radius 2 is 1.58 bits per heavy atom. The number of halogens is 2. The standard InChI is InChI=1S/C36H50BrFN6O6/c1-34(2,3)49-32(45)42(17-14-22-10-12-24(38)13-11-22)15-9-16-43(33(46)50-35(4,5)6)19-23-18-26(29-28(23)47-36(7,8)48-29)44-20-25(37)27-30(39)40-21-41-31(27)44/h10-13,20-21,23,26,28-29H,9,14-19H2,1-8H3,(H2,39,40,41)/t23-,26-,28-,29+/m1/s1. The summed E-state index contributed by atoms with van der Waals surface area (Å²) in [6, 6.07) is 6.09. The highest BCUT2D eigenvalue weighted by molar-refractivity contribution is 9.10. The first-order valence-corrected chi connectivity index (χ1v) is 17.9. The van der Waals surface area contributed by atoms with E-state index in [1.54, 1.807) is 21.9 Å². The minimum Gasteiger partial charge on any atom is -0.444 e. The Morgan fingerprint density at radius 1 is 0.980 bits per heavy atom. The molecule has 2 fully saturated rings. The number of carbonyl (C=O) groups is 2. The Balaban J connectivity index is 1.35. The number of fused-ring (bicyclic) bond motifs is 2. The van der Waals surface area contributed by atoms with Gasteiger partial charge in [0, 0.05) is 42.8 Å². The summed E-state index contributed by atoms with van der Waals surface area (Å²) < 4.78 is 40.9. The van der Waals surface area contributed by atoms with Crippen molar-refractivity contribution in [3.05, 3.63) is 52.6 Å². The lowest BCUT2D eigenvalue weighted by atomic mass is 10.0. The molecule has 274 valence electrons. The summed E-state index contributed by atoms with van der Waals surface area (Å²) in [5.41, 5.74) is 6.41. The highest BCUT2D eigenvalue weighted by Gasteiger charge is 2.55.